The van der Waals surface area contributed by atoms with E-state index in [0.29, 0.717) is 6.04 Å². The van der Waals surface area contributed by atoms with Gasteiger partial charge in [0, 0.05) is 31.2 Å². The van der Waals surface area contributed by atoms with Gasteiger partial charge in [-0.2, -0.15) is 0 Å². The van der Waals surface area contributed by atoms with Gasteiger partial charge in [-0.15, -0.1) is 0 Å². The lowest BCUT2D eigenvalue weighted by Gasteiger charge is -2.46. The Kier molecular flexibility index (Phi) is 4.39. The molecule has 0 unspecified atom stereocenters. The fourth-order valence-electron chi connectivity index (χ4n) is 2.59. The van der Waals surface area contributed by atoms with Crippen LogP contribution < -0.4 is 0 Å². The van der Waals surface area contributed by atoms with E-state index in [-0.39, 0.29) is 0 Å². The zero-order valence-electron chi connectivity index (χ0n) is 10.5. The fourth-order valence-corrected chi connectivity index (χ4v) is 2.59. The van der Waals surface area contributed by atoms with E-state index in [1.54, 1.807) is 0 Å². The van der Waals surface area contributed by atoms with Crippen LogP contribution in [0.2, 0.25) is 0 Å². The highest BCUT2D eigenvalue weighted by atomic mass is 15.3. The molecule has 0 aromatic rings. The summed E-state index contributed by atoms with van der Waals surface area (Å²) in [7, 11) is 2.24. The van der Waals surface area contributed by atoms with Crippen LogP contribution in [0.1, 0.15) is 40.5 Å². The van der Waals surface area contributed by atoms with Crippen LogP contribution in [0.15, 0.2) is 0 Å². The lowest BCUT2D eigenvalue weighted by atomic mass is 10.0. The van der Waals surface area contributed by atoms with Crippen molar-refractivity contribution in [3.8, 4) is 0 Å². The Hall–Kier alpha value is -0.0800. The van der Waals surface area contributed by atoms with E-state index in [2.05, 4.69) is 44.5 Å². The van der Waals surface area contributed by atoms with Crippen LogP contribution in [-0.2, 0) is 0 Å². The maximum absolute atomic E-state index is 2.70. The minimum absolute atomic E-state index is 0.715. The molecule has 1 saturated heterocycles. The SMILES string of the molecule is CCC(CC)N1C[C@@H](C)N(C)C[C@@H]1C. The smallest absolute Gasteiger partial charge is 0.0198 e. The first-order chi connectivity index (χ1) is 6.60. The Morgan fingerprint density at radius 3 is 2.14 bits per heavy atom. The Morgan fingerprint density at radius 1 is 1.07 bits per heavy atom. The maximum atomic E-state index is 2.70. The van der Waals surface area contributed by atoms with E-state index < -0.39 is 0 Å². The van der Waals surface area contributed by atoms with Crippen molar-refractivity contribution < 1.29 is 0 Å². The highest BCUT2D eigenvalue weighted by molar-refractivity contribution is 4.86. The largest absolute Gasteiger partial charge is 0.301 e. The summed E-state index contributed by atoms with van der Waals surface area (Å²) < 4.78 is 0. The molecular formula is C12H26N2. The van der Waals surface area contributed by atoms with Gasteiger partial charge in [0.15, 0.2) is 0 Å². The third kappa shape index (κ3) is 2.48. The molecular weight excluding hydrogens is 172 g/mol. The van der Waals surface area contributed by atoms with E-state index in [1.165, 1.54) is 25.9 Å². The number of likely N-dealkylation sites (N-methyl/N-ethyl adjacent to an activating group) is 1. The van der Waals surface area contributed by atoms with Crippen molar-refractivity contribution in [1.82, 2.24) is 9.80 Å². The zero-order chi connectivity index (χ0) is 10.7. The van der Waals surface area contributed by atoms with Crippen LogP contribution in [0.4, 0.5) is 0 Å². The first-order valence-corrected chi connectivity index (χ1v) is 6.06. The average Bonchev–Trinajstić information content (AvgIpc) is 2.15. The quantitative estimate of drug-likeness (QED) is 0.686. The summed E-state index contributed by atoms with van der Waals surface area (Å²) in [6.45, 7) is 11.8. The predicted octanol–water partition coefficient (Wildman–Crippen LogP) is 2.20. The second kappa shape index (κ2) is 5.13. The molecule has 0 spiro atoms. The minimum atomic E-state index is 0.715. The summed E-state index contributed by atoms with van der Waals surface area (Å²) in [5.41, 5.74) is 0. The lowest BCUT2D eigenvalue weighted by Crippen LogP contribution is -2.57. The van der Waals surface area contributed by atoms with Gasteiger partial charge in [-0.3, -0.25) is 4.90 Å². The standard InChI is InChI=1S/C12H26N2/c1-6-12(7-2)14-9-10(3)13(5)8-11(14)4/h10-12H,6-9H2,1-5H3/t10-,11+/m1/s1. The maximum Gasteiger partial charge on any atom is 0.0198 e. The van der Waals surface area contributed by atoms with Gasteiger partial charge in [0.05, 0.1) is 0 Å². The van der Waals surface area contributed by atoms with E-state index in [9.17, 15) is 0 Å². The summed E-state index contributed by atoms with van der Waals surface area (Å²) in [5, 5.41) is 0. The van der Waals surface area contributed by atoms with Gasteiger partial charge in [0.25, 0.3) is 0 Å². The van der Waals surface area contributed by atoms with Crippen LogP contribution in [0.5, 0.6) is 0 Å². The second-order valence-corrected chi connectivity index (χ2v) is 4.80. The topological polar surface area (TPSA) is 6.48 Å². The molecule has 2 atom stereocenters. The number of nitrogens with zero attached hydrogens (tertiary/aromatic N) is 2. The molecule has 1 aliphatic heterocycles. The molecule has 0 saturated carbocycles. The van der Waals surface area contributed by atoms with Gasteiger partial charge in [0.1, 0.15) is 0 Å². The van der Waals surface area contributed by atoms with E-state index in [0.717, 1.165) is 12.1 Å². The molecule has 0 amide bonds. The molecule has 14 heavy (non-hydrogen) atoms. The third-order valence-corrected chi connectivity index (χ3v) is 3.76. The summed E-state index contributed by atoms with van der Waals surface area (Å²) >= 11 is 0. The monoisotopic (exact) mass is 198 g/mol. The molecule has 1 heterocycles. The lowest BCUT2D eigenvalue weighted by molar-refractivity contribution is 0.0257. The average molecular weight is 198 g/mol. The van der Waals surface area contributed by atoms with Crippen molar-refractivity contribution in [3.05, 3.63) is 0 Å². The van der Waals surface area contributed by atoms with Crippen molar-refractivity contribution >= 4 is 0 Å². The van der Waals surface area contributed by atoms with Crippen LogP contribution in [0, 0.1) is 0 Å². The Bertz CT molecular complexity index is 166. The molecule has 2 heteroatoms. The predicted molar refractivity (Wildman–Crippen MR) is 62.6 cm³/mol. The molecule has 1 fully saturated rings. The molecule has 1 rings (SSSR count). The summed E-state index contributed by atoms with van der Waals surface area (Å²) in [6, 6.07) is 2.23. The Balaban J connectivity index is 2.59. The minimum Gasteiger partial charge on any atom is -0.301 e. The molecule has 0 aromatic carbocycles. The molecule has 0 bridgehead atoms. The molecule has 2 nitrogen and oxygen atoms in total. The molecule has 1 aliphatic rings. The van der Waals surface area contributed by atoms with E-state index in [1.807, 2.05) is 0 Å². The Labute approximate surface area is 89.3 Å². The molecule has 0 N–H and O–H groups in total. The number of hydrogen-bond donors (Lipinski definition) is 0. The van der Waals surface area contributed by atoms with Gasteiger partial charge in [-0.05, 0) is 33.7 Å². The molecule has 0 aliphatic carbocycles. The Morgan fingerprint density at radius 2 is 1.64 bits per heavy atom. The number of rotatable bonds is 3. The fraction of sp³-hybridized carbons (Fsp3) is 1.00. The van der Waals surface area contributed by atoms with Crippen molar-refractivity contribution in [3.63, 3.8) is 0 Å². The van der Waals surface area contributed by atoms with E-state index >= 15 is 0 Å². The third-order valence-electron chi connectivity index (χ3n) is 3.76. The van der Waals surface area contributed by atoms with Gasteiger partial charge in [-0.1, -0.05) is 13.8 Å². The van der Waals surface area contributed by atoms with Crippen molar-refractivity contribution in [2.75, 3.05) is 20.1 Å². The van der Waals surface area contributed by atoms with Crippen LogP contribution in [0.3, 0.4) is 0 Å². The van der Waals surface area contributed by atoms with Gasteiger partial charge >= 0.3 is 0 Å². The first-order valence-electron chi connectivity index (χ1n) is 6.06. The number of hydrogen-bond acceptors (Lipinski definition) is 2. The highest BCUT2D eigenvalue weighted by Gasteiger charge is 2.29. The highest BCUT2D eigenvalue weighted by Crippen LogP contribution is 2.19. The molecule has 0 radical (unpaired) electrons. The van der Waals surface area contributed by atoms with E-state index in [4.69, 9.17) is 0 Å². The van der Waals surface area contributed by atoms with Crippen LogP contribution in [0.25, 0.3) is 0 Å². The van der Waals surface area contributed by atoms with Gasteiger partial charge in [-0.25, -0.2) is 0 Å². The summed E-state index contributed by atoms with van der Waals surface area (Å²) in [4.78, 5) is 5.17. The van der Waals surface area contributed by atoms with Crippen molar-refractivity contribution in [2.24, 2.45) is 0 Å². The first kappa shape index (κ1) is 12.0. The molecule has 0 aromatic heterocycles. The van der Waals surface area contributed by atoms with Crippen molar-refractivity contribution in [1.29, 1.82) is 0 Å². The second-order valence-electron chi connectivity index (χ2n) is 4.80. The molecule has 84 valence electrons. The van der Waals surface area contributed by atoms with Crippen LogP contribution in [-0.4, -0.2) is 48.1 Å². The normalized spacial score (nSPS) is 31.3. The summed E-state index contributed by atoms with van der Waals surface area (Å²) in [5.74, 6) is 0. The van der Waals surface area contributed by atoms with Crippen LogP contribution >= 0.6 is 0 Å². The van der Waals surface area contributed by atoms with Gasteiger partial charge in [0.2, 0.25) is 0 Å². The van der Waals surface area contributed by atoms with Gasteiger partial charge < -0.3 is 4.90 Å². The zero-order valence-corrected chi connectivity index (χ0v) is 10.5. The number of piperazine rings is 1. The van der Waals surface area contributed by atoms with Crippen molar-refractivity contribution in [2.45, 2.75) is 58.7 Å². The summed E-state index contributed by atoms with van der Waals surface area (Å²) in [6.07, 6.45) is 2.58.